The lowest BCUT2D eigenvalue weighted by Gasteiger charge is -2.43. The van der Waals surface area contributed by atoms with Crippen LogP contribution in [0.5, 0.6) is 0 Å². The molecule has 1 unspecified atom stereocenters. The van der Waals surface area contributed by atoms with Crippen molar-refractivity contribution >= 4 is 35.8 Å². The van der Waals surface area contributed by atoms with Gasteiger partial charge in [-0.15, -0.1) is 24.0 Å². The Morgan fingerprint density at radius 1 is 1.33 bits per heavy atom. The maximum absolute atomic E-state index is 11.8. The molecule has 3 rings (SSSR count). The topological polar surface area (TPSA) is 69.2 Å². The number of aliphatic imine (C=N–C) groups is 1. The number of carbonyl (C=O) groups is 1. The van der Waals surface area contributed by atoms with E-state index in [9.17, 15) is 4.79 Å². The predicted octanol–water partition coefficient (Wildman–Crippen LogP) is 1.28. The molecule has 0 aromatic carbocycles. The van der Waals surface area contributed by atoms with E-state index in [1.807, 2.05) is 0 Å². The van der Waals surface area contributed by atoms with Gasteiger partial charge in [0, 0.05) is 56.8 Å². The molecule has 3 saturated heterocycles. The predicted molar refractivity (Wildman–Crippen MR) is 119 cm³/mol. The molecule has 3 aliphatic rings. The number of nitrogens with zero attached hydrogens (tertiary/aromatic N) is 3. The van der Waals surface area contributed by atoms with Crippen LogP contribution < -0.4 is 10.6 Å². The van der Waals surface area contributed by atoms with Crippen molar-refractivity contribution in [3.8, 4) is 0 Å². The number of ether oxygens (including phenoxy) is 1. The number of likely N-dealkylation sites (tertiary alicyclic amines) is 1. The van der Waals surface area contributed by atoms with Gasteiger partial charge in [-0.05, 0) is 46.7 Å². The van der Waals surface area contributed by atoms with Crippen molar-refractivity contribution in [2.45, 2.75) is 44.6 Å². The Morgan fingerprint density at radius 3 is 2.67 bits per heavy atom. The summed E-state index contributed by atoms with van der Waals surface area (Å²) in [4.78, 5) is 21.5. The first kappa shape index (κ1) is 22.7. The number of rotatable bonds is 4. The Morgan fingerprint density at radius 2 is 2.07 bits per heavy atom. The summed E-state index contributed by atoms with van der Waals surface area (Å²) in [7, 11) is 4.30. The standard InChI is InChI=1S/C19H35N5O2.HI/c1-4-20-17(22-14-19(23(2)3)7-10-26-11-8-19)24-9-5-6-18(15-24)12-16(25)21-13-18;/h4-15H2,1-3H3,(H,20,22)(H,21,25);1H. The molecule has 0 radical (unpaired) electrons. The molecule has 156 valence electrons. The smallest absolute Gasteiger partial charge is 0.220 e. The van der Waals surface area contributed by atoms with E-state index in [1.165, 1.54) is 0 Å². The Bertz CT molecular complexity index is 536. The van der Waals surface area contributed by atoms with Crippen LogP contribution in [0, 0.1) is 5.41 Å². The third-order valence-electron chi connectivity index (χ3n) is 6.39. The second-order valence-electron chi connectivity index (χ2n) is 8.38. The number of hydrogen-bond donors (Lipinski definition) is 2. The van der Waals surface area contributed by atoms with Crippen molar-refractivity contribution in [3.63, 3.8) is 0 Å². The third-order valence-corrected chi connectivity index (χ3v) is 6.39. The van der Waals surface area contributed by atoms with Crippen molar-refractivity contribution in [1.82, 2.24) is 20.4 Å². The molecule has 3 aliphatic heterocycles. The largest absolute Gasteiger partial charge is 0.381 e. The van der Waals surface area contributed by atoms with E-state index >= 15 is 0 Å². The molecule has 0 aromatic rings. The van der Waals surface area contributed by atoms with Gasteiger partial charge in [0.25, 0.3) is 0 Å². The van der Waals surface area contributed by atoms with Gasteiger partial charge >= 0.3 is 0 Å². The normalized spacial score (nSPS) is 28.2. The number of amides is 1. The number of carbonyl (C=O) groups excluding carboxylic acids is 1. The van der Waals surface area contributed by atoms with Gasteiger partial charge in [0.2, 0.25) is 5.91 Å². The van der Waals surface area contributed by atoms with Crippen LogP contribution in [-0.2, 0) is 9.53 Å². The lowest BCUT2D eigenvalue weighted by Crippen LogP contribution is -2.54. The summed E-state index contributed by atoms with van der Waals surface area (Å²) in [6.45, 7) is 8.11. The number of piperidine rings is 1. The van der Waals surface area contributed by atoms with Gasteiger partial charge in [0.1, 0.15) is 0 Å². The molecule has 0 aliphatic carbocycles. The summed E-state index contributed by atoms with van der Waals surface area (Å²) in [5, 5.41) is 6.52. The highest BCUT2D eigenvalue weighted by atomic mass is 127. The molecule has 1 spiro atoms. The maximum atomic E-state index is 11.8. The zero-order chi connectivity index (χ0) is 18.6. The highest BCUT2D eigenvalue weighted by Crippen LogP contribution is 2.36. The van der Waals surface area contributed by atoms with Gasteiger partial charge in [-0.2, -0.15) is 0 Å². The highest BCUT2D eigenvalue weighted by molar-refractivity contribution is 14.0. The van der Waals surface area contributed by atoms with Gasteiger partial charge in [0.15, 0.2) is 5.96 Å². The fourth-order valence-corrected chi connectivity index (χ4v) is 4.57. The SMILES string of the molecule is CCNC(=NCC1(N(C)C)CCOCC1)N1CCCC2(CNC(=O)C2)C1.I. The van der Waals surface area contributed by atoms with E-state index in [4.69, 9.17) is 9.73 Å². The minimum Gasteiger partial charge on any atom is -0.381 e. The van der Waals surface area contributed by atoms with Crippen LogP contribution >= 0.6 is 24.0 Å². The second-order valence-corrected chi connectivity index (χ2v) is 8.38. The third kappa shape index (κ3) is 5.26. The minimum absolute atomic E-state index is 0. The summed E-state index contributed by atoms with van der Waals surface area (Å²) >= 11 is 0. The molecule has 1 atom stereocenters. The molecule has 2 N–H and O–H groups in total. The van der Waals surface area contributed by atoms with E-state index in [0.29, 0.717) is 6.42 Å². The van der Waals surface area contributed by atoms with E-state index in [-0.39, 0.29) is 40.8 Å². The molecule has 0 saturated carbocycles. The average Bonchev–Trinajstić information content (AvgIpc) is 2.99. The number of likely N-dealkylation sites (N-methyl/N-ethyl adjacent to an activating group) is 1. The quantitative estimate of drug-likeness (QED) is 0.351. The molecule has 0 bridgehead atoms. The van der Waals surface area contributed by atoms with E-state index in [1.54, 1.807) is 0 Å². The molecule has 7 nitrogen and oxygen atoms in total. The zero-order valence-corrected chi connectivity index (χ0v) is 19.4. The van der Waals surface area contributed by atoms with Crippen molar-refractivity contribution in [1.29, 1.82) is 0 Å². The summed E-state index contributed by atoms with van der Waals surface area (Å²) in [6, 6.07) is 0. The molecule has 3 fully saturated rings. The van der Waals surface area contributed by atoms with Crippen LogP contribution in [0.2, 0.25) is 0 Å². The van der Waals surface area contributed by atoms with Crippen LogP contribution in [-0.4, -0.2) is 87.2 Å². The molecule has 0 aromatic heterocycles. The molecule has 1 amide bonds. The Kier molecular flexibility index (Phi) is 8.18. The maximum Gasteiger partial charge on any atom is 0.220 e. The van der Waals surface area contributed by atoms with E-state index < -0.39 is 0 Å². The molecule has 8 heteroatoms. The van der Waals surface area contributed by atoms with Crippen LogP contribution in [0.15, 0.2) is 4.99 Å². The second kappa shape index (κ2) is 9.73. The summed E-state index contributed by atoms with van der Waals surface area (Å²) < 4.78 is 5.58. The number of nitrogens with one attached hydrogen (secondary N) is 2. The summed E-state index contributed by atoms with van der Waals surface area (Å²) in [5.74, 6) is 1.20. The van der Waals surface area contributed by atoms with Crippen molar-refractivity contribution in [3.05, 3.63) is 0 Å². The fourth-order valence-electron chi connectivity index (χ4n) is 4.57. The van der Waals surface area contributed by atoms with E-state index in [0.717, 1.165) is 77.6 Å². The Hall–Kier alpha value is -0.610. The summed E-state index contributed by atoms with van der Waals surface area (Å²) in [5.41, 5.74) is 0.167. The average molecular weight is 493 g/mol. The minimum atomic E-state index is 0. The lowest BCUT2D eigenvalue weighted by atomic mass is 9.79. The van der Waals surface area contributed by atoms with E-state index in [2.05, 4.69) is 41.5 Å². The Balaban J connectivity index is 0.00000261. The van der Waals surface area contributed by atoms with Crippen LogP contribution in [0.3, 0.4) is 0 Å². The van der Waals surface area contributed by atoms with Crippen LogP contribution in [0.1, 0.15) is 39.0 Å². The van der Waals surface area contributed by atoms with Gasteiger partial charge in [0.05, 0.1) is 6.54 Å². The molecular formula is C19H36IN5O2. The monoisotopic (exact) mass is 493 g/mol. The summed E-state index contributed by atoms with van der Waals surface area (Å²) in [6.07, 6.45) is 4.94. The van der Waals surface area contributed by atoms with Crippen LogP contribution in [0.25, 0.3) is 0 Å². The van der Waals surface area contributed by atoms with Gasteiger partial charge < -0.3 is 25.2 Å². The zero-order valence-electron chi connectivity index (χ0n) is 17.1. The molecule has 27 heavy (non-hydrogen) atoms. The van der Waals surface area contributed by atoms with Gasteiger partial charge in [-0.1, -0.05) is 0 Å². The van der Waals surface area contributed by atoms with Gasteiger partial charge in [-0.3, -0.25) is 9.79 Å². The fraction of sp³-hybridized carbons (Fsp3) is 0.895. The van der Waals surface area contributed by atoms with Crippen LogP contribution in [0.4, 0.5) is 0 Å². The van der Waals surface area contributed by atoms with Crippen molar-refractivity contribution < 1.29 is 9.53 Å². The molecule has 3 heterocycles. The number of hydrogen-bond acceptors (Lipinski definition) is 4. The Labute approximate surface area is 180 Å². The van der Waals surface area contributed by atoms with Crippen molar-refractivity contribution in [2.24, 2.45) is 10.4 Å². The highest BCUT2D eigenvalue weighted by Gasteiger charge is 2.42. The number of halogens is 1. The molecular weight excluding hydrogens is 457 g/mol. The van der Waals surface area contributed by atoms with Gasteiger partial charge in [-0.25, -0.2) is 0 Å². The number of guanidine groups is 1. The lowest BCUT2D eigenvalue weighted by molar-refractivity contribution is -0.119. The van der Waals surface area contributed by atoms with Crippen molar-refractivity contribution in [2.75, 3.05) is 60.0 Å². The first-order valence-corrected chi connectivity index (χ1v) is 10.0. The first-order chi connectivity index (χ1) is 12.5. The first-order valence-electron chi connectivity index (χ1n) is 10.0.